The number of benzene rings is 2. The van der Waals surface area contributed by atoms with Gasteiger partial charge in [-0.05, 0) is 17.2 Å². The number of rotatable bonds is 2. The minimum Gasteiger partial charge on any atom is -0.347 e. The van der Waals surface area contributed by atoms with Gasteiger partial charge in [-0.15, -0.1) is 0 Å². The van der Waals surface area contributed by atoms with Crippen molar-refractivity contribution in [2.45, 2.75) is 32.2 Å². The highest BCUT2D eigenvalue weighted by molar-refractivity contribution is 6.75. The van der Waals surface area contributed by atoms with Crippen molar-refractivity contribution in [1.29, 1.82) is 0 Å². The van der Waals surface area contributed by atoms with Gasteiger partial charge in [0, 0.05) is 34.7 Å². The van der Waals surface area contributed by atoms with Crippen molar-refractivity contribution in [2.75, 3.05) is 0 Å². The summed E-state index contributed by atoms with van der Waals surface area (Å²) in [5.41, 5.74) is 7.36. The largest absolute Gasteiger partial charge is 0.347 e. The summed E-state index contributed by atoms with van der Waals surface area (Å²) in [6, 6.07) is 17.8. The minimum absolute atomic E-state index is 1.09. The van der Waals surface area contributed by atoms with E-state index in [0.717, 1.165) is 6.42 Å². The summed E-state index contributed by atoms with van der Waals surface area (Å²) in [7, 11) is -1.16. The lowest BCUT2D eigenvalue weighted by atomic mass is 10.0. The Kier molecular flexibility index (Phi) is 2.67. The van der Waals surface area contributed by atoms with Crippen LogP contribution in [0.15, 0.2) is 48.5 Å². The third-order valence-electron chi connectivity index (χ3n) is 4.36. The second-order valence-corrected chi connectivity index (χ2v) is 12.8. The zero-order valence-corrected chi connectivity index (χ0v) is 14.0. The number of nitrogens with zero attached hydrogens (tertiary/aromatic N) is 1. The van der Waals surface area contributed by atoms with Gasteiger partial charge in [0.1, 0.15) is 0 Å². The molecule has 0 radical (unpaired) electrons. The molecule has 1 aliphatic carbocycles. The number of hydrogen-bond donors (Lipinski definition) is 0. The highest BCUT2D eigenvalue weighted by atomic mass is 28.3. The number of aromatic nitrogens is 1. The molecule has 0 aliphatic heterocycles. The molecule has 21 heavy (non-hydrogen) atoms. The fourth-order valence-electron chi connectivity index (χ4n) is 3.59. The van der Waals surface area contributed by atoms with Gasteiger partial charge in [-0.3, -0.25) is 0 Å². The Morgan fingerprint density at radius 2 is 1.67 bits per heavy atom. The van der Waals surface area contributed by atoms with Crippen LogP contribution in [0.2, 0.25) is 19.6 Å². The molecule has 0 amide bonds. The van der Waals surface area contributed by atoms with E-state index in [9.17, 15) is 0 Å². The van der Waals surface area contributed by atoms with Crippen LogP contribution < -0.4 is 0 Å². The number of fused-ring (bicyclic) bond motifs is 5. The van der Waals surface area contributed by atoms with E-state index in [-0.39, 0.29) is 0 Å². The molecule has 0 atom stereocenters. The quantitative estimate of drug-likeness (QED) is 0.453. The molecular weight excluding hydrogens is 270 g/mol. The highest BCUT2D eigenvalue weighted by Gasteiger charge is 2.27. The fourth-order valence-corrected chi connectivity index (χ4v) is 4.90. The molecule has 1 aromatic heterocycles. The molecule has 3 aromatic rings. The van der Waals surface area contributed by atoms with Crippen LogP contribution in [0.5, 0.6) is 0 Å². The summed E-state index contributed by atoms with van der Waals surface area (Å²) < 4.78 is 2.61. The van der Waals surface area contributed by atoms with E-state index in [4.69, 9.17) is 0 Å². The highest BCUT2D eigenvalue weighted by Crippen LogP contribution is 2.43. The van der Waals surface area contributed by atoms with Crippen molar-refractivity contribution < 1.29 is 0 Å². The third-order valence-corrected chi connectivity index (χ3v) is 5.62. The lowest BCUT2D eigenvalue weighted by molar-refractivity contribution is 0.840. The van der Waals surface area contributed by atoms with Gasteiger partial charge in [-0.1, -0.05) is 62.1 Å². The Hall–Kier alpha value is -1.80. The average molecular weight is 291 g/mol. The minimum atomic E-state index is -1.16. The lowest BCUT2D eigenvalue weighted by Crippen LogP contribution is -2.28. The molecule has 1 aliphatic rings. The number of hydrogen-bond acceptors (Lipinski definition) is 0. The third kappa shape index (κ3) is 1.97. The van der Waals surface area contributed by atoms with Gasteiger partial charge in [0.15, 0.2) is 0 Å². The van der Waals surface area contributed by atoms with Gasteiger partial charge >= 0.3 is 0 Å². The summed E-state index contributed by atoms with van der Waals surface area (Å²) in [5.74, 6) is 0. The van der Waals surface area contributed by atoms with Crippen molar-refractivity contribution >= 4 is 19.0 Å². The normalized spacial score (nSPS) is 13.5. The van der Waals surface area contributed by atoms with E-state index in [2.05, 4.69) is 72.7 Å². The summed E-state index contributed by atoms with van der Waals surface area (Å²) in [4.78, 5) is 0. The molecule has 0 spiro atoms. The maximum atomic E-state index is 2.61. The van der Waals surface area contributed by atoms with E-state index in [0.29, 0.717) is 0 Å². The van der Waals surface area contributed by atoms with E-state index >= 15 is 0 Å². The second kappa shape index (κ2) is 4.34. The maximum absolute atomic E-state index is 2.61. The first kappa shape index (κ1) is 12.9. The molecule has 0 fully saturated rings. The van der Waals surface area contributed by atoms with Crippen molar-refractivity contribution in [2.24, 2.45) is 0 Å². The maximum Gasteiger partial charge on any atom is 0.0671 e. The fraction of sp³-hybridized carbons (Fsp3) is 0.263. The Morgan fingerprint density at radius 3 is 2.48 bits per heavy atom. The van der Waals surface area contributed by atoms with Crippen molar-refractivity contribution in [3.05, 3.63) is 59.8 Å². The van der Waals surface area contributed by atoms with Gasteiger partial charge in [-0.25, -0.2) is 0 Å². The molecule has 1 heterocycles. The van der Waals surface area contributed by atoms with Crippen molar-refractivity contribution in [3.8, 4) is 11.1 Å². The number of para-hydroxylation sites is 1. The molecule has 4 rings (SSSR count). The first-order chi connectivity index (χ1) is 10.0. The first-order valence-electron chi connectivity index (χ1n) is 7.73. The first-order valence-corrected chi connectivity index (χ1v) is 11.4. The standard InChI is InChI=1S/C19H21NSi/c1-21(2,3)13-20-17-11-7-6-10-16(17)19-15-9-5-4-8-14(15)12-18(19)20/h4-11H,12-13H2,1-3H3. The van der Waals surface area contributed by atoms with E-state index in [1.165, 1.54) is 39.5 Å². The van der Waals surface area contributed by atoms with Gasteiger partial charge < -0.3 is 4.57 Å². The Labute approximate surface area is 127 Å². The summed E-state index contributed by atoms with van der Waals surface area (Å²) in [6.07, 6.45) is 2.29. The molecule has 2 aromatic carbocycles. The predicted molar refractivity (Wildman–Crippen MR) is 93.5 cm³/mol. The molecule has 0 N–H and O–H groups in total. The molecule has 0 saturated heterocycles. The van der Waals surface area contributed by atoms with Gasteiger partial charge in [0.05, 0.1) is 8.07 Å². The summed E-state index contributed by atoms with van der Waals surface area (Å²) in [5, 5.41) is 1.43. The molecule has 106 valence electrons. The van der Waals surface area contributed by atoms with Crippen molar-refractivity contribution in [1.82, 2.24) is 4.57 Å². The van der Waals surface area contributed by atoms with Crippen LogP contribution in [-0.4, -0.2) is 12.6 Å². The molecule has 0 bridgehead atoms. The lowest BCUT2D eigenvalue weighted by Gasteiger charge is -2.20. The molecular formula is C19H21NSi. The molecule has 0 unspecified atom stereocenters. The Morgan fingerprint density at radius 1 is 0.952 bits per heavy atom. The predicted octanol–water partition coefficient (Wildman–Crippen LogP) is 5.09. The van der Waals surface area contributed by atoms with Crippen molar-refractivity contribution in [3.63, 3.8) is 0 Å². The van der Waals surface area contributed by atoms with E-state index in [1.54, 1.807) is 0 Å². The SMILES string of the molecule is C[Si](C)(C)Cn1c2c(c3ccccc31)-c1ccccc1C2. The van der Waals surface area contributed by atoms with Gasteiger partial charge in [-0.2, -0.15) is 0 Å². The van der Waals surface area contributed by atoms with Crippen LogP contribution in [0.3, 0.4) is 0 Å². The van der Waals surface area contributed by atoms with Crippen LogP contribution >= 0.6 is 0 Å². The van der Waals surface area contributed by atoms with Crippen LogP contribution in [0.4, 0.5) is 0 Å². The molecule has 0 saturated carbocycles. The smallest absolute Gasteiger partial charge is 0.0671 e. The average Bonchev–Trinajstić information content (AvgIpc) is 2.95. The summed E-state index contributed by atoms with van der Waals surface area (Å²) >= 11 is 0. The van der Waals surface area contributed by atoms with E-state index in [1.807, 2.05) is 0 Å². The van der Waals surface area contributed by atoms with Gasteiger partial charge in [0.25, 0.3) is 0 Å². The van der Waals surface area contributed by atoms with E-state index < -0.39 is 8.07 Å². The Bertz CT molecular complexity index is 836. The monoisotopic (exact) mass is 291 g/mol. The topological polar surface area (TPSA) is 4.93 Å². The van der Waals surface area contributed by atoms with Crippen LogP contribution in [0, 0.1) is 0 Å². The molecule has 2 heteroatoms. The van der Waals surface area contributed by atoms with Crippen LogP contribution in [0.1, 0.15) is 11.3 Å². The zero-order valence-electron chi connectivity index (χ0n) is 13.0. The van der Waals surface area contributed by atoms with Crippen LogP contribution in [-0.2, 0) is 12.6 Å². The summed E-state index contributed by atoms with van der Waals surface area (Å²) in [6.45, 7) is 7.36. The zero-order chi connectivity index (χ0) is 14.6. The van der Waals surface area contributed by atoms with Crippen LogP contribution in [0.25, 0.3) is 22.0 Å². The molecule has 1 nitrogen and oxygen atoms in total. The second-order valence-electron chi connectivity index (χ2n) is 7.32. The van der Waals surface area contributed by atoms with Gasteiger partial charge in [0.2, 0.25) is 0 Å². The Balaban J connectivity index is 2.03.